The van der Waals surface area contributed by atoms with Crippen molar-refractivity contribution in [2.24, 2.45) is 0 Å². The Labute approximate surface area is 332 Å². The van der Waals surface area contributed by atoms with E-state index in [1.54, 1.807) is 0 Å². The van der Waals surface area contributed by atoms with Crippen LogP contribution in [-0.2, 0) is 0 Å². The second kappa shape index (κ2) is 11.7. The summed E-state index contributed by atoms with van der Waals surface area (Å²) in [4.78, 5) is 0. The molecule has 13 rings (SSSR count). The Morgan fingerprint density at radius 1 is 0.211 bits per heavy atom. The van der Waals surface area contributed by atoms with Gasteiger partial charge in [-0.3, -0.25) is 0 Å². The Hall–Kier alpha value is -7.02. The van der Waals surface area contributed by atoms with Gasteiger partial charge in [0, 0.05) is 17.8 Å². The third kappa shape index (κ3) is 4.17. The summed E-state index contributed by atoms with van der Waals surface area (Å²) in [5.41, 5.74) is 21.1. The van der Waals surface area contributed by atoms with Crippen molar-refractivity contribution in [3.8, 4) is 33.4 Å². The Bertz CT molecular complexity index is 2930. The van der Waals surface area contributed by atoms with Crippen molar-refractivity contribution in [1.29, 1.82) is 0 Å². The summed E-state index contributed by atoms with van der Waals surface area (Å²) in [6, 6.07) is 75.8. The normalized spacial score (nSPS) is 16.9. The van der Waals surface area contributed by atoms with Gasteiger partial charge in [0.05, 0.1) is 0 Å². The van der Waals surface area contributed by atoms with Gasteiger partial charge in [0.15, 0.2) is 0 Å². The summed E-state index contributed by atoms with van der Waals surface area (Å²) in [6.45, 7) is 0. The van der Waals surface area contributed by atoms with E-state index in [2.05, 4.69) is 200 Å². The van der Waals surface area contributed by atoms with E-state index in [1.807, 2.05) is 0 Å². The van der Waals surface area contributed by atoms with Gasteiger partial charge in [-0.15, -0.1) is 0 Å². The molecule has 3 aliphatic carbocycles. The minimum absolute atomic E-state index is 0.0672. The van der Waals surface area contributed by atoms with Gasteiger partial charge in [0.25, 0.3) is 0 Å². The van der Waals surface area contributed by atoms with Crippen molar-refractivity contribution >= 4 is 32.3 Å². The number of fused-ring (bicyclic) bond motifs is 15. The summed E-state index contributed by atoms with van der Waals surface area (Å²) in [6.07, 6.45) is 0. The Morgan fingerprint density at radius 3 is 0.789 bits per heavy atom. The van der Waals surface area contributed by atoms with Crippen molar-refractivity contribution in [3.63, 3.8) is 0 Å². The zero-order valence-corrected chi connectivity index (χ0v) is 31.3. The number of benzene rings is 10. The molecule has 0 spiro atoms. The third-order valence-corrected chi connectivity index (χ3v) is 13.5. The van der Waals surface area contributed by atoms with Crippen molar-refractivity contribution in [2.45, 2.75) is 17.8 Å². The van der Waals surface area contributed by atoms with Crippen LogP contribution in [0.1, 0.15) is 67.8 Å². The van der Waals surface area contributed by atoms with Crippen LogP contribution in [0, 0.1) is 0 Å². The molecule has 10 aromatic rings. The van der Waals surface area contributed by atoms with Crippen molar-refractivity contribution in [3.05, 3.63) is 250 Å². The van der Waals surface area contributed by atoms with Crippen LogP contribution >= 0.6 is 0 Å². The van der Waals surface area contributed by atoms with Gasteiger partial charge in [-0.05, 0) is 116 Å². The third-order valence-electron chi connectivity index (χ3n) is 13.5. The summed E-state index contributed by atoms with van der Waals surface area (Å²) >= 11 is 0. The second-order valence-corrected chi connectivity index (χ2v) is 16.1. The molecular formula is C57H36. The molecule has 0 unspecified atom stereocenters. The molecule has 0 fully saturated rings. The van der Waals surface area contributed by atoms with Gasteiger partial charge in [-0.25, -0.2) is 0 Å². The molecule has 0 aromatic heterocycles. The highest BCUT2D eigenvalue weighted by atomic mass is 14.5. The van der Waals surface area contributed by atoms with Crippen LogP contribution in [0.3, 0.4) is 0 Å². The minimum Gasteiger partial charge on any atom is -0.0619 e. The molecule has 0 saturated heterocycles. The van der Waals surface area contributed by atoms with Crippen LogP contribution < -0.4 is 0 Å². The molecule has 3 atom stereocenters. The largest absolute Gasteiger partial charge is 0.0619 e. The van der Waals surface area contributed by atoms with Crippen molar-refractivity contribution in [1.82, 2.24) is 0 Å². The Morgan fingerprint density at radius 2 is 0.456 bits per heavy atom. The molecule has 0 saturated carbocycles. The molecule has 0 nitrogen and oxygen atoms in total. The van der Waals surface area contributed by atoms with E-state index in [4.69, 9.17) is 0 Å². The predicted molar refractivity (Wildman–Crippen MR) is 237 cm³/mol. The van der Waals surface area contributed by atoms with E-state index in [-0.39, 0.29) is 17.8 Å². The molecule has 0 heteroatoms. The second-order valence-electron chi connectivity index (χ2n) is 16.1. The smallest absolute Gasteiger partial charge is 0.0364 e. The van der Waals surface area contributed by atoms with Crippen LogP contribution in [0.5, 0.6) is 0 Å². The molecule has 264 valence electrons. The lowest BCUT2D eigenvalue weighted by Gasteiger charge is -2.26. The van der Waals surface area contributed by atoms with Gasteiger partial charge in [0.2, 0.25) is 0 Å². The Balaban J connectivity index is 1.26. The van der Waals surface area contributed by atoms with Crippen LogP contribution in [0.2, 0.25) is 0 Å². The molecule has 10 aromatic carbocycles. The highest BCUT2D eigenvalue weighted by Gasteiger charge is 2.47. The molecule has 0 amide bonds. The molecule has 0 bridgehead atoms. The lowest BCUT2D eigenvalue weighted by atomic mass is 9.76. The topological polar surface area (TPSA) is 0 Å². The van der Waals surface area contributed by atoms with E-state index < -0.39 is 0 Å². The van der Waals surface area contributed by atoms with Crippen LogP contribution in [-0.4, -0.2) is 0 Å². The quantitative estimate of drug-likeness (QED) is 0.170. The maximum Gasteiger partial charge on any atom is 0.0364 e. The van der Waals surface area contributed by atoms with Crippen molar-refractivity contribution in [2.75, 3.05) is 0 Å². The molecular weight excluding hydrogens is 685 g/mol. The zero-order chi connectivity index (χ0) is 37.2. The Kier molecular flexibility index (Phi) is 6.43. The van der Waals surface area contributed by atoms with E-state index in [0.29, 0.717) is 0 Å². The van der Waals surface area contributed by atoms with Gasteiger partial charge in [0.1, 0.15) is 0 Å². The van der Waals surface area contributed by atoms with Crippen LogP contribution in [0.25, 0.3) is 65.7 Å². The monoisotopic (exact) mass is 720 g/mol. The molecule has 3 aliphatic rings. The standard InChI is InChI=1S/C57H36/c1-4-22-37-34(16-1)19-13-31-40(37)49-43-25-7-10-28-46(43)52-55(49)53-47-29-11-8-26-44(47)50(41-32-14-20-35-17-2-5-23-38(35)41)57(53)54-48-30-12-9-27-45(48)51(56(52)54)42-33-15-21-36-18-3-6-24-39(36)42/h1-33,49-51H/t49-,50-,51+/m1/s1. The molecule has 0 aliphatic heterocycles. The number of rotatable bonds is 3. The van der Waals surface area contributed by atoms with Gasteiger partial charge < -0.3 is 0 Å². The van der Waals surface area contributed by atoms with Gasteiger partial charge >= 0.3 is 0 Å². The number of hydrogen-bond donors (Lipinski definition) is 0. The fourth-order valence-corrected chi connectivity index (χ4v) is 11.4. The average Bonchev–Trinajstić information content (AvgIpc) is 3.92. The van der Waals surface area contributed by atoms with Gasteiger partial charge in [-0.1, -0.05) is 200 Å². The van der Waals surface area contributed by atoms with E-state index in [9.17, 15) is 0 Å². The first kappa shape index (κ1) is 31.2. The molecule has 0 N–H and O–H groups in total. The summed E-state index contributed by atoms with van der Waals surface area (Å²) < 4.78 is 0. The average molecular weight is 721 g/mol. The predicted octanol–water partition coefficient (Wildman–Crippen LogP) is 14.6. The first-order valence-electron chi connectivity index (χ1n) is 20.3. The summed E-state index contributed by atoms with van der Waals surface area (Å²) in [7, 11) is 0. The van der Waals surface area contributed by atoms with E-state index in [0.717, 1.165) is 0 Å². The minimum atomic E-state index is 0.0672. The highest BCUT2D eigenvalue weighted by molar-refractivity contribution is 6.06. The van der Waals surface area contributed by atoms with Crippen molar-refractivity contribution < 1.29 is 0 Å². The lowest BCUT2D eigenvalue weighted by Crippen LogP contribution is -2.08. The SMILES string of the molecule is c1ccc2c(c1)-c1c3c(c4c(c1[C@@H]2c1cccc2ccccc12)-c1ccccc1[C@@H]4c1cccc2ccccc12)-c1ccccc1[C@H]3c1cccc2ccccc12. The molecule has 57 heavy (non-hydrogen) atoms. The first-order chi connectivity index (χ1) is 28.3. The van der Waals surface area contributed by atoms with E-state index in [1.165, 1.54) is 116 Å². The lowest BCUT2D eigenvalue weighted by molar-refractivity contribution is 0.990. The molecule has 0 radical (unpaired) electrons. The van der Waals surface area contributed by atoms with Crippen LogP contribution in [0.4, 0.5) is 0 Å². The zero-order valence-electron chi connectivity index (χ0n) is 31.3. The fourth-order valence-electron chi connectivity index (χ4n) is 11.4. The van der Waals surface area contributed by atoms with Gasteiger partial charge in [-0.2, -0.15) is 0 Å². The fraction of sp³-hybridized carbons (Fsp3) is 0.0526. The summed E-state index contributed by atoms with van der Waals surface area (Å²) in [5.74, 6) is 0.202. The first-order valence-corrected chi connectivity index (χ1v) is 20.3. The molecule has 0 heterocycles. The number of hydrogen-bond acceptors (Lipinski definition) is 0. The van der Waals surface area contributed by atoms with E-state index >= 15 is 0 Å². The maximum absolute atomic E-state index is 2.42. The highest BCUT2D eigenvalue weighted by Crippen LogP contribution is 2.67. The maximum atomic E-state index is 2.42. The summed E-state index contributed by atoms with van der Waals surface area (Å²) in [5, 5.41) is 7.84. The van der Waals surface area contributed by atoms with Crippen LogP contribution in [0.15, 0.2) is 200 Å².